The molecule has 3 nitrogen and oxygen atoms in total. The van der Waals surface area contributed by atoms with Crippen LogP contribution in [0.2, 0.25) is 0 Å². The molecular weight excluding hydrogens is 279 g/mol. The van der Waals surface area contributed by atoms with E-state index in [0.717, 1.165) is 35.5 Å². The Morgan fingerprint density at radius 1 is 1.19 bits per heavy atom. The van der Waals surface area contributed by atoms with Gasteiger partial charge in [0.2, 0.25) is 0 Å². The zero-order valence-electron chi connectivity index (χ0n) is 12.3. The van der Waals surface area contributed by atoms with Crippen LogP contribution in [0.1, 0.15) is 23.9 Å². The van der Waals surface area contributed by atoms with E-state index in [1.165, 1.54) is 4.68 Å². The first kappa shape index (κ1) is 15.6. The molecule has 0 radical (unpaired) electrons. The standard InChI is InChI=1S/C15H18F3N3/c1-8(7-19)4-12-9(2)20-21(10(12)3)11-5-13(16)15(18)14(17)6-11/h5-6,8H,4,7,19H2,1-3H3. The monoisotopic (exact) mass is 297 g/mol. The molecule has 0 aliphatic carbocycles. The van der Waals surface area contributed by atoms with E-state index < -0.39 is 17.5 Å². The summed E-state index contributed by atoms with van der Waals surface area (Å²) in [5, 5.41) is 4.30. The predicted octanol–water partition coefficient (Wildman–Crippen LogP) is 3.04. The Hall–Kier alpha value is -1.82. The van der Waals surface area contributed by atoms with Crippen LogP contribution in [0.15, 0.2) is 12.1 Å². The highest BCUT2D eigenvalue weighted by molar-refractivity contribution is 5.38. The van der Waals surface area contributed by atoms with Crippen molar-refractivity contribution >= 4 is 0 Å². The Kier molecular flexibility index (Phi) is 4.37. The van der Waals surface area contributed by atoms with Crippen molar-refractivity contribution in [3.05, 3.63) is 46.5 Å². The van der Waals surface area contributed by atoms with Crippen LogP contribution in [0, 0.1) is 37.2 Å². The number of nitrogens with two attached hydrogens (primary N) is 1. The fourth-order valence-corrected chi connectivity index (χ4v) is 2.32. The Morgan fingerprint density at radius 3 is 2.29 bits per heavy atom. The van der Waals surface area contributed by atoms with Gasteiger partial charge in [0.15, 0.2) is 17.5 Å². The van der Waals surface area contributed by atoms with Gasteiger partial charge in [-0.15, -0.1) is 0 Å². The quantitative estimate of drug-likeness (QED) is 0.882. The number of hydrogen-bond donors (Lipinski definition) is 1. The number of hydrogen-bond acceptors (Lipinski definition) is 2. The number of aryl methyl sites for hydroxylation is 1. The molecule has 1 aromatic carbocycles. The van der Waals surface area contributed by atoms with E-state index in [1.807, 2.05) is 20.8 Å². The summed E-state index contributed by atoms with van der Waals surface area (Å²) < 4.78 is 41.2. The molecule has 0 aliphatic rings. The van der Waals surface area contributed by atoms with E-state index in [2.05, 4.69) is 5.10 Å². The lowest BCUT2D eigenvalue weighted by molar-refractivity contribution is 0.446. The molecule has 0 saturated carbocycles. The molecule has 0 amide bonds. The molecule has 21 heavy (non-hydrogen) atoms. The third kappa shape index (κ3) is 2.95. The van der Waals surface area contributed by atoms with Gasteiger partial charge in [-0.05, 0) is 38.3 Å². The predicted molar refractivity (Wildman–Crippen MR) is 74.8 cm³/mol. The summed E-state index contributed by atoms with van der Waals surface area (Å²) in [6, 6.07) is 1.88. The van der Waals surface area contributed by atoms with Crippen molar-refractivity contribution in [1.29, 1.82) is 0 Å². The van der Waals surface area contributed by atoms with E-state index in [1.54, 1.807) is 0 Å². The van der Waals surface area contributed by atoms with Crippen molar-refractivity contribution in [2.24, 2.45) is 11.7 Å². The fourth-order valence-electron chi connectivity index (χ4n) is 2.32. The van der Waals surface area contributed by atoms with E-state index in [9.17, 15) is 13.2 Å². The minimum atomic E-state index is -1.47. The topological polar surface area (TPSA) is 43.8 Å². The van der Waals surface area contributed by atoms with Crippen molar-refractivity contribution in [3.8, 4) is 5.69 Å². The van der Waals surface area contributed by atoms with Gasteiger partial charge in [0, 0.05) is 17.8 Å². The number of benzene rings is 1. The molecule has 1 heterocycles. The molecule has 2 rings (SSSR count). The molecule has 1 unspecified atom stereocenters. The molecule has 0 aliphatic heterocycles. The number of nitrogens with zero attached hydrogens (tertiary/aromatic N) is 2. The summed E-state index contributed by atoms with van der Waals surface area (Å²) in [4.78, 5) is 0. The zero-order valence-corrected chi connectivity index (χ0v) is 12.3. The van der Waals surface area contributed by atoms with Gasteiger partial charge in [-0.25, -0.2) is 17.9 Å². The largest absolute Gasteiger partial charge is 0.330 e. The first-order valence-corrected chi connectivity index (χ1v) is 6.75. The first-order chi connectivity index (χ1) is 9.85. The van der Waals surface area contributed by atoms with E-state index in [-0.39, 0.29) is 11.6 Å². The number of rotatable bonds is 4. The van der Waals surface area contributed by atoms with Crippen molar-refractivity contribution in [3.63, 3.8) is 0 Å². The normalized spacial score (nSPS) is 12.7. The van der Waals surface area contributed by atoms with Crippen LogP contribution in [0.4, 0.5) is 13.2 Å². The summed E-state index contributed by atoms with van der Waals surface area (Å²) in [5.41, 5.74) is 8.34. The lowest BCUT2D eigenvalue weighted by Crippen LogP contribution is -2.14. The second kappa shape index (κ2) is 5.89. The molecular formula is C15H18F3N3. The maximum absolute atomic E-state index is 13.4. The molecule has 0 bridgehead atoms. The van der Waals surface area contributed by atoms with Gasteiger partial charge in [0.05, 0.1) is 11.4 Å². The summed E-state index contributed by atoms with van der Waals surface area (Å²) >= 11 is 0. The average Bonchev–Trinajstić information content (AvgIpc) is 2.72. The highest BCUT2D eigenvalue weighted by atomic mass is 19.2. The van der Waals surface area contributed by atoms with Gasteiger partial charge in [-0.3, -0.25) is 0 Å². The van der Waals surface area contributed by atoms with Crippen LogP contribution in [0.25, 0.3) is 5.69 Å². The minimum Gasteiger partial charge on any atom is -0.330 e. The second-order valence-corrected chi connectivity index (χ2v) is 5.33. The Balaban J connectivity index is 2.49. The first-order valence-electron chi connectivity index (χ1n) is 6.75. The van der Waals surface area contributed by atoms with Gasteiger partial charge in [-0.2, -0.15) is 5.10 Å². The Labute approximate surface area is 121 Å². The van der Waals surface area contributed by atoms with E-state index in [0.29, 0.717) is 6.54 Å². The summed E-state index contributed by atoms with van der Waals surface area (Å²) in [5.74, 6) is -3.65. The van der Waals surface area contributed by atoms with Crippen LogP contribution >= 0.6 is 0 Å². The summed E-state index contributed by atoms with van der Waals surface area (Å²) in [7, 11) is 0. The smallest absolute Gasteiger partial charge is 0.194 e. The molecule has 2 aromatic rings. The third-order valence-electron chi connectivity index (χ3n) is 3.61. The maximum atomic E-state index is 13.4. The van der Waals surface area contributed by atoms with Crippen molar-refractivity contribution < 1.29 is 13.2 Å². The lowest BCUT2D eigenvalue weighted by Gasteiger charge is -2.09. The zero-order chi connectivity index (χ0) is 15.7. The second-order valence-electron chi connectivity index (χ2n) is 5.33. The third-order valence-corrected chi connectivity index (χ3v) is 3.61. The summed E-state index contributed by atoms with van der Waals surface area (Å²) in [6.07, 6.45) is 0.736. The van der Waals surface area contributed by atoms with Crippen LogP contribution in [-0.2, 0) is 6.42 Å². The van der Waals surface area contributed by atoms with Crippen LogP contribution in [0.5, 0.6) is 0 Å². The van der Waals surface area contributed by atoms with Gasteiger partial charge in [-0.1, -0.05) is 6.92 Å². The van der Waals surface area contributed by atoms with Gasteiger partial charge < -0.3 is 5.73 Å². The van der Waals surface area contributed by atoms with Crippen LogP contribution in [-0.4, -0.2) is 16.3 Å². The van der Waals surface area contributed by atoms with Crippen molar-refractivity contribution in [1.82, 2.24) is 9.78 Å². The minimum absolute atomic E-state index is 0.165. The maximum Gasteiger partial charge on any atom is 0.194 e. The van der Waals surface area contributed by atoms with Crippen LogP contribution < -0.4 is 5.73 Å². The number of halogens is 3. The van der Waals surface area contributed by atoms with Gasteiger partial charge in [0.25, 0.3) is 0 Å². The average molecular weight is 297 g/mol. The molecule has 0 fully saturated rings. The van der Waals surface area contributed by atoms with E-state index in [4.69, 9.17) is 5.73 Å². The van der Waals surface area contributed by atoms with Crippen molar-refractivity contribution in [2.75, 3.05) is 6.54 Å². The Bertz CT molecular complexity index is 641. The SMILES string of the molecule is Cc1nn(-c2cc(F)c(F)c(F)c2)c(C)c1CC(C)CN. The lowest BCUT2D eigenvalue weighted by atomic mass is 10.00. The molecule has 114 valence electrons. The van der Waals surface area contributed by atoms with Crippen LogP contribution in [0.3, 0.4) is 0 Å². The number of aromatic nitrogens is 2. The molecule has 0 saturated heterocycles. The molecule has 0 spiro atoms. The molecule has 1 aromatic heterocycles. The van der Waals surface area contributed by atoms with E-state index >= 15 is 0 Å². The van der Waals surface area contributed by atoms with Crippen molar-refractivity contribution in [2.45, 2.75) is 27.2 Å². The Morgan fingerprint density at radius 2 is 1.76 bits per heavy atom. The van der Waals surface area contributed by atoms with Gasteiger partial charge in [0.1, 0.15) is 0 Å². The summed E-state index contributed by atoms with van der Waals surface area (Å²) in [6.45, 7) is 6.22. The molecule has 6 heteroatoms. The molecule has 2 N–H and O–H groups in total. The fraction of sp³-hybridized carbons (Fsp3) is 0.400. The highest BCUT2D eigenvalue weighted by Crippen LogP contribution is 2.23. The molecule has 1 atom stereocenters. The highest BCUT2D eigenvalue weighted by Gasteiger charge is 2.17. The van der Waals surface area contributed by atoms with Gasteiger partial charge >= 0.3 is 0 Å².